The maximum Gasteiger partial charge on any atom is 0.337 e. The highest BCUT2D eigenvalue weighted by atomic mass is 16.6. The lowest BCUT2D eigenvalue weighted by atomic mass is 10.2. The summed E-state index contributed by atoms with van der Waals surface area (Å²) in [5.74, 6) is 1.27. The summed E-state index contributed by atoms with van der Waals surface area (Å²) in [5.41, 5.74) is 0.419. The molecule has 0 aliphatic carbocycles. The molecule has 0 spiro atoms. The fourth-order valence-corrected chi connectivity index (χ4v) is 2.62. The summed E-state index contributed by atoms with van der Waals surface area (Å²) in [6.07, 6.45) is -0.242. The smallest absolute Gasteiger partial charge is 0.337 e. The van der Waals surface area contributed by atoms with Crippen molar-refractivity contribution in [3.05, 3.63) is 54.1 Å². The molecular weight excluding hydrogens is 350 g/mol. The van der Waals surface area contributed by atoms with Crippen LogP contribution in [0.4, 0.5) is 0 Å². The van der Waals surface area contributed by atoms with Gasteiger partial charge in [0.2, 0.25) is 0 Å². The van der Waals surface area contributed by atoms with E-state index in [0.717, 1.165) is 0 Å². The Labute approximate surface area is 157 Å². The van der Waals surface area contributed by atoms with Crippen LogP contribution in [0.3, 0.4) is 0 Å². The Hall–Kier alpha value is -3.22. The van der Waals surface area contributed by atoms with Gasteiger partial charge in [-0.05, 0) is 36.4 Å². The van der Waals surface area contributed by atoms with E-state index in [4.69, 9.17) is 14.2 Å². The number of nitrogens with zero attached hydrogens (tertiary/aromatic N) is 1. The molecule has 0 aromatic heterocycles. The molecule has 0 fully saturated rings. The Morgan fingerprint density at radius 3 is 2.52 bits per heavy atom. The third-order valence-corrected chi connectivity index (χ3v) is 4.11. The highest BCUT2D eigenvalue weighted by Crippen LogP contribution is 2.30. The average Bonchev–Trinajstić information content (AvgIpc) is 2.71. The second kappa shape index (κ2) is 8.44. The summed E-state index contributed by atoms with van der Waals surface area (Å²) < 4.78 is 21.6. The molecule has 3 rings (SSSR count). The number of benzene rings is 2. The summed E-state index contributed by atoms with van der Waals surface area (Å²) in [4.78, 5) is 25.2. The van der Waals surface area contributed by atoms with E-state index in [1.165, 1.54) is 7.11 Å². The van der Waals surface area contributed by atoms with Crippen molar-refractivity contribution in [2.75, 3.05) is 33.9 Å². The largest absolute Gasteiger partial charge is 0.486 e. The Balaban J connectivity index is 1.47. The molecule has 1 aliphatic rings. The number of hydrogen-bond acceptors (Lipinski definition) is 6. The van der Waals surface area contributed by atoms with Gasteiger partial charge in [-0.1, -0.05) is 12.1 Å². The lowest BCUT2D eigenvalue weighted by Crippen LogP contribution is -2.43. The molecule has 1 amide bonds. The first kappa shape index (κ1) is 18.6. The van der Waals surface area contributed by atoms with Gasteiger partial charge in [-0.3, -0.25) is 4.79 Å². The molecule has 0 unspecified atom stereocenters. The summed E-state index contributed by atoms with van der Waals surface area (Å²) in [6, 6.07) is 13.8. The standard InChI is InChI=1S/C20H21NO6/c1-21(11-16-12-26-17-5-3-4-6-18(17)27-16)19(22)13-25-15-9-7-14(8-10-15)20(23)24-2/h3-10,16H,11-13H2,1-2H3/t16-/m0/s1. The Kier molecular flexibility index (Phi) is 5.80. The molecule has 7 heteroatoms. The van der Waals surface area contributed by atoms with Gasteiger partial charge in [-0.2, -0.15) is 0 Å². The van der Waals surface area contributed by atoms with Crippen LogP contribution in [0.2, 0.25) is 0 Å². The second-order valence-electron chi connectivity index (χ2n) is 6.08. The van der Waals surface area contributed by atoms with E-state index < -0.39 is 5.97 Å². The summed E-state index contributed by atoms with van der Waals surface area (Å²) >= 11 is 0. The maximum atomic E-state index is 12.3. The number of amides is 1. The number of esters is 1. The Bertz CT molecular complexity index is 804. The molecular formula is C20H21NO6. The topological polar surface area (TPSA) is 74.3 Å². The summed E-state index contributed by atoms with van der Waals surface area (Å²) in [6.45, 7) is 0.653. The highest BCUT2D eigenvalue weighted by molar-refractivity contribution is 5.89. The fraction of sp³-hybridized carbons (Fsp3) is 0.300. The summed E-state index contributed by atoms with van der Waals surface area (Å²) in [7, 11) is 3.01. The van der Waals surface area contributed by atoms with Crippen LogP contribution in [0.25, 0.3) is 0 Å². The molecule has 0 saturated heterocycles. The average molecular weight is 371 g/mol. The van der Waals surface area contributed by atoms with Crippen LogP contribution in [0.1, 0.15) is 10.4 Å². The van der Waals surface area contributed by atoms with Crippen LogP contribution in [0.5, 0.6) is 17.2 Å². The SMILES string of the molecule is COC(=O)c1ccc(OCC(=O)N(C)C[C@H]2COc3ccccc3O2)cc1. The van der Waals surface area contributed by atoms with Crippen LogP contribution in [-0.2, 0) is 9.53 Å². The van der Waals surface area contributed by atoms with E-state index in [0.29, 0.717) is 36.0 Å². The predicted molar refractivity (Wildman–Crippen MR) is 97.3 cm³/mol. The van der Waals surface area contributed by atoms with Gasteiger partial charge in [0.1, 0.15) is 12.4 Å². The molecule has 0 saturated carbocycles. The fourth-order valence-electron chi connectivity index (χ4n) is 2.62. The number of carbonyl (C=O) groups excluding carboxylic acids is 2. The first-order chi connectivity index (χ1) is 13.1. The van der Waals surface area contributed by atoms with Crippen molar-refractivity contribution in [1.29, 1.82) is 0 Å². The molecule has 142 valence electrons. The van der Waals surface area contributed by atoms with Crippen LogP contribution < -0.4 is 14.2 Å². The number of ether oxygens (including phenoxy) is 4. The molecule has 2 aromatic rings. The predicted octanol–water partition coefficient (Wildman–Crippen LogP) is 2.15. The quantitative estimate of drug-likeness (QED) is 0.725. The van der Waals surface area contributed by atoms with E-state index in [9.17, 15) is 9.59 Å². The van der Waals surface area contributed by atoms with Gasteiger partial charge >= 0.3 is 5.97 Å². The minimum Gasteiger partial charge on any atom is -0.486 e. The molecule has 1 aliphatic heterocycles. The number of likely N-dealkylation sites (N-methyl/N-ethyl adjacent to an activating group) is 1. The van der Waals surface area contributed by atoms with E-state index in [-0.39, 0.29) is 18.6 Å². The second-order valence-corrected chi connectivity index (χ2v) is 6.08. The summed E-state index contributed by atoms with van der Waals surface area (Å²) in [5, 5.41) is 0. The third-order valence-electron chi connectivity index (χ3n) is 4.11. The normalized spacial score (nSPS) is 15.0. The first-order valence-corrected chi connectivity index (χ1v) is 8.50. The number of rotatable bonds is 6. The van der Waals surface area contributed by atoms with Crippen molar-refractivity contribution in [3.63, 3.8) is 0 Å². The van der Waals surface area contributed by atoms with Crippen LogP contribution >= 0.6 is 0 Å². The Morgan fingerprint density at radius 2 is 1.81 bits per heavy atom. The molecule has 0 N–H and O–H groups in total. The molecule has 0 bridgehead atoms. The van der Waals surface area contributed by atoms with Gasteiger partial charge < -0.3 is 23.8 Å². The minimum absolute atomic E-state index is 0.113. The van der Waals surface area contributed by atoms with Crippen LogP contribution in [-0.4, -0.2) is 56.8 Å². The number of methoxy groups -OCH3 is 1. The highest BCUT2D eigenvalue weighted by Gasteiger charge is 2.23. The van der Waals surface area contributed by atoms with E-state index in [2.05, 4.69) is 4.74 Å². The van der Waals surface area contributed by atoms with Gasteiger partial charge in [-0.15, -0.1) is 0 Å². The van der Waals surface area contributed by atoms with E-state index >= 15 is 0 Å². The zero-order valence-electron chi connectivity index (χ0n) is 15.2. The first-order valence-electron chi connectivity index (χ1n) is 8.50. The van der Waals surface area contributed by atoms with E-state index in [1.807, 2.05) is 24.3 Å². The van der Waals surface area contributed by atoms with Crippen molar-refractivity contribution in [3.8, 4) is 17.2 Å². The van der Waals surface area contributed by atoms with Crippen molar-refractivity contribution >= 4 is 11.9 Å². The molecule has 2 aromatic carbocycles. The zero-order chi connectivity index (χ0) is 19.2. The van der Waals surface area contributed by atoms with Crippen LogP contribution in [0.15, 0.2) is 48.5 Å². The lowest BCUT2D eigenvalue weighted by molar-refractivity contribution is -0.133. The van der Waals surface area contributed by atoms with Crippen molar-refractivity contribution in [1.82, 2.24) is 4.90 Å². The number of carbonyl (C=O) groups is 2. The van der Waals surface area contributed by atoms with Gasteiger partial charge in [0.15, 0.2) is 24.2 Å². The molecule has 0 radical (unpaired) electrons. The molecule has 27 heavy (non-hydrogen) atoms. The molecule has 1 heterocycles. The number of fused-ring (bicyclic) bond motifs is 1. The minimum atomic E-state index is -0.423. The van der Waals surface area contributed by atoms with Gasteiger partial charge in [0.25, 0.3) is 5.91 Å². The van der Waals surface area contributed by atoms with Crippen LogP contribution in [0, 0.1) is 0 Å². The Morgan fingerprint density at radius 1 is 1.11 bits per heavy atom. The molecule has 7 nitrogen and oxygen atoms in total. The zero-order valence-corrected chi connectivity index (χ0v) is 15.2. The van der Waals surface area contributed by atoms with Gasteiger partial charge in [-0.25, -0.2) is 4.79 Å². The van der Waals surface area contributed by atoms with Crippen molar-refractivity contribution < 1.29 is 28.5 Å². The number of para-hydroxylation sites is 2. The number of hydrogen-bond donors (Lipinski definition) is 0. The molecule has 1 atom stereocenters. The maximum absolute atomic E-state index is 12.3. The van der Waals surface area contributed by atoms with Crippen molar-refractivity contribution in [2.24, 2.45) is 0 Å². The van der Waals surface area contributed by atoms with Gasteiger partial charge in [0.05, 0.1) is 19.2 Å². The third kappa shape index (κ3) is 4.69. The van der Waals surface area contributed by atoms with Gasteiger partial charge in [0, 0.05) is 7.05 Å². The monoisotopic (exact) mass is 371 g/mol. The van der Waals surface area contributed by atoms with Crippen molar-refractivity contribution in [2.45, 2.75) is 6.10 Å². The lowest BCUT2D eigenvalue weighted by Gasteiger charge is -2.29. The van der Waals surface area contributed by atoms with E-state index in [1.54, 1.807) is 36.2 Å².